The molecular weight excluding hydrogens is 326 g/mol. The number of carbonyl (C=O) groups is 1. The first-order chi connectivity index (χ1) is 11.5. The molecule has 3 rings (SSSR count). The van der Waals surface area contributed by atoms with Crippen LogP contribution >= 0.6 is 0 Å². The number of hydrogen-bond acceptors (Lipinski definition) is 4. The van der Waals surface area contributed by atoms with Crippen molar-refractivity contribution in [3.63, 3.8) is 0 Å². The molecule has 2 aromatic carbocycles. The predicted molar refractivity (Wildman–Crippen MR) is 93.3 cm³/mol. The molecule has 0 aliphatic carbocycles. The summed E-state index contributed by atoms with van der Waals surface area (Å²) < 4.78 is 28.9. The first kappa shape index (κ1) is 16.5. The van der Waals surface area contributed by atoms with Gasteiger partial charge in [0.05, 0.1) is 24.7 Å². The molecule has 24 heavy (non-hydrogen) atoms. The summed E-state index contributed by atoms with van der Waals surface area (Å²) in [5.41, 5.74) is 1.21. The molecule has 1 heterocycles. The highest BCUT2D eigenvalue weighted by molar-refractivity contribution is 7.91. The minimum Gasteiger partial charge on any atom is -0.497 e. The molecule has 5 nitrogen and oxygen atoms in total. The molecule has 0 radical (unpaired) electrons. The molecule has 1 amide bonds. The van der Waals surface area contributed by atoms with Gasteiger partial charge in [0.1, 0.15) is 5.75 Å². The Morgan fingerprint density at radius 2 is 1.75 bits per heavy atom. The molecule has 0 saturated carbocycles. The van der Waals surface area contributed by atoms with Crippen LogP contribution < -0.4 is 9.64 Å². The maximum atomic E-state index is 13.0. The highest BCUT2D eigenvalue weighted by Crippen LogP contribution is 2.28. The molecule has 6 heteroatoms. The maximum absolute atomic E-state index is 13.0. The lowest BCUT2D eigenvalue weighted by atomic mass is 10.1. The molecule has 2 aromatic rings. The number of methoxy groups -OCH3 is 1. The monoisotopic (exact) mass is 345 g/mol. The van der Waals surface area contributed by atoms with Crippen molar-refractivity contribution in [1.82, 2.24) is 0 Å². The van der Waals surface area contributed by atoms with Crippen LogP contribution in [0.5, 0.6) is 5.75 Å². The van der Waals surface area contributed by atoms with Gasteiger partial charge in [-0.05, 0) is 42.8 Å². The Kier molecular flexibility index (Phi) is 4.57. The van der Waals surface area contributed by atoms with Crippen LogP contribution in [0.4, 0.5) is 5.69 Å². The van der Waals surface area contributed by atoms with Gasteiger partial charge in [0.25, 0.3) is 5.91 Å². The summed E-state index contributed by atoms with van der Waals surface area (Å²) >= 11 is 0. The zero-order valence-electron chi connectivity index (χ0n) is 13.4. The van der Waals surface area contributed by atoms with Crippen LogP contribution in [0.1, 0.15) is 16.8 Å². The molecule has 126 valence electrons. The summed E-state index contributed by atoms with van der Waals surface area (Å²) in [6.45, 7) is 0. The topological polar surface area (TPSA) is 63.7 Å². The third-order valence-corrected chi connectivity index (χ3v) is 5.91. The Hall–Kier alpha value is -2.34. The average molecular weight is 345 g/mol. The SMILES string of the molecule is COc1ccc(N(C(=O)c2ccccc2)[C@H]2CCS(=O)(=O)C2)cc1. The van der Waals surface area contributed by atoms with Crippen LogP contribution in [-0.2, 0) is 9.84 Å². The number of benzene rings is 2. The smallest absolute Gasteiger partial charge is 0.258 e. The first-order valence-electron chi connectivity index (χ1n) is 7.73. The molecule has 1 saturated heterocycles. The molecule has 0 aromatic heterocycles. The van der Waals surface area contributed by atoms with E-state index >= 15 is 0 Å². The van der Waals surface area contributed by atoms with Gasteiger partial charge in [-0.2, -0.15) is 0 Å². The van der Waals surface area contributed by atoms with Crippen LogP contribution in [0.3, 0.4) is 0 Å². The highest BCUT2D eigenvalue weighted by atomic mass is 32.2. The second kappa shape index (κ2) is 6.65. The van der Waals surface area contributed by atoms with E-state index in [0.717, 1.165) is 0 Å². The normalized spacial score (nSPS) is 19.0. The van der Waals surface area contributed by atoms with Crippen molar-refractivity contribution in [2.24, 2.45) is 0 Å². The number of anilines is 1. The Morgan fingerprint density at radius 3 is 2.29 bits per heavy atom. The second-order valence-corrected chi connectivity index (χ2v) is 8.02. The van der Waals surface area contributed by atoms with E-state index in [4.69, 9.17) is 4.74 Å². The minimum atomic E-state index is -3.10. The van der Waals surface area contributed by atoms with Crippen molar-refractivity contribution in [3.8, 4) is 5.75 Å². The van der Waals surface area contributed by atoms with E-state index in [0.29, 0.717) is 23.4 Å². The molecule has 1 fully saturated rings. The van der Waals surface area contributed by atoms with Gasteiger partial charge in [-0.3, -0.25) is 4.79 Å². The average Bonchev–Trinajstić information content (AvgIpc) is 2.96. The van der Waals surface area contributed by atoms with E-state index < -0.39 is 9.84 Å². The lowest BCUT2D eigenvalue weighted by molar-refractivity contribution is 0.0979. The lowest BCUT2D eigenvalue weighted by Crippen LogP contribution is -2.41. The van der Waals surface area contributed by atoms with E-state index in [2.05, 4.69) is 0 Å². The van der Waals surface area contributed by atoms with Gasteiger partial charge in [0.2, 0.25) is 0 Å². The van der Waals surface area contributed by atoms with Gasteiger partial charge < -0.3 is 9.64 Å². The van der Waals surface area contributed by atoms with Crippen molar-refractivity contribution < 1.29 is 17.9 Å². The fraction of sp³-hybridized carbons (Fsp3) is 0.278. The number of amides is 1. The van der Waals surface area contributed by atoms with Gasteiger partial charge in [-0.25, -0.2) is 8.42 Å². The van der Waals surface area contributed by atoms with Crippen molar-refractivity contribution >= 4 is 21.4 Å². The van der Waals surface area contributed by atoms with Gasteiger partial charge in [-0.15, -0.1) is 0 Å². The predicted octanol–water partition coefficient (Wildman–Crippen LogP) is 2.53. The van der Waals surface area contributed by atoms with E-state index in [-0.39, 0.29) is 23.5 Å². The lowest BCUT2D eigenvalue weighted by Gasteiger charge is -2.28. The summed E-state index contributed by atoms with van der Waals surface area (Å²) in [6, 6.07) is 15.7. The van der Waals surface area contributed by atoms with Crippen molar-refractivity contribution in [2.45, 2.75) is 12.5 Å². The number of rotatable bonds is 4. The Morgan fingerprint density at radius 1 is 1.08 bits per heavy atom. The number of ether oxygens (including phenoxy) is 1. The standard InChI is InChI=1S/C18H19NO4S/c1-23-17-9-7-15(8-10-17)19(16-11-12-24(21,22)13-16)18(20)14-5-3-2-4-6-14/h2-10,16H,11-13H2,1H3/t16-/m0/s1. The first-order valence-corrected chi connectivity index (χ1v) is 9.55. The quantitative estimate of drug-likeness (QED) is 0.854. The fourth-order valence-electron chi connectivity index (χ4n) is 2.94. The fourth-order valence-corrected chi connectivity index (χ4v) is 4.64. The molecular formula is C18H19NO4S. The number of nitrogens with zero attached hydrogens (tertiary/aromatic N) is 1. The van der Waals surface area contributed by atoms with Gasteiger partial charge in [0, 0.05) is 11.3 Å². The number of carbonyl (C=O) groups excluding carboxylic acids is 1. The van der Waals surface area contributed by atoms with E-state index in [1.54, 1.807) is 60.5 Å². The zero-order chi connectivity index (χ0) is 17.2. The summed E-state index contributed by atoms with van der Waals surface area (Å²) in [7, 11) is -1.52. The molecule has 1 aliphatic heterocycles. The summed E-state index contributed by atoms with van der Waals surface area (Å²) in [4.78, 5) is 14.6. The van der Waals surface area contributed by atoms with E-state index in [1.165, 1.54) is 0 Å². The van der Waals surface area contributed by atoms with E-state index in [1.807, 2.05) is 6.07 Å². The Bertz CT molecular complexity index is 816. The highest BCUT2D eigenvalue weighted by Gasteiger charge is 2.35. The van der Waals surface area contributed by atoms with Crippen LogP contribution in [0.15, 0.2) is 54.6 Å². The van der Waals surface area contributed by atoms with E-state index in [9.17, 15) is 13.2 Å². The van der Waals surface area contributed by atoms with Crippen LogP contribution in [-0.4, -0.2) is 39.0 Å². The summed E-state index contributed by atoms with van der Waals surface area (Å²) in [5, 5.41) is 0. The zero-order valence-corrected chi connectivity index (χ0v) is 14.2. The van der Waals surface area contributed by atoms with Gasteiger partial charge >= 0.3 is 0 Å². The van der Waals surface area contributed by atoms with Crippen LogP contribution in [0, 0.1) is 0 Å². The number of sulfone groups is 1. The van der Waals surface area contributed by atoms with Crippen molar-refractivity contribution in [3.05, 3.63) is 60.2 Å². The molecule has 0 bridgehead atoms. The molecule has 0 N–H and O–H groups in total. The molecule has 0 spiro atoms. The summed E-state index contributed by atoms with van der Waals surface area (Å²) in [5.74, 6) is 0.608. The van der Waals surface area contributed by atoms with Crippen molar-refractivity contribution in [1.29, 1.82) is 0 Å². The second-order valence-electron chi connectivity index (χ2n) is 5.80. The van der Waals surface area contributed by atoms with Crippen molar-refractivity contribution in [2.75, 3.05) is 23.5 Å². The third-order valence-electron chi connectivity index (χ3n) is 4.16. The van der Waals surface area contributed by atoms with Gasteiger partial charge in [-0.1, -0.05) is 18.2 Å². The summed E-state index contributed by atoms with van der Waals surface area (Å²) in [6.07, 6.45) is 0.451. The molecule has 0 unspecified atom stereocenters. The maximum Gasteiger partial charge on any atom is 0.258 e. The molecule has 1 atom stereocenters. The Labute approximate surface area is 141 Å². The van der Waals surface area contributed by atoms with Crippen LogP contribution in [0.2, 0.25) is 0 Å². The molecule has 1 aliphatic rings. The van der Waals surface area contributed by atoms with Crippen LogP contribution in [0.25, 0.3) is 0 Å². The third kappa shape index (κ3) is 3.43. The Balaban J connectivity index is 1.98. The van der Waals surface area contributed by atoms with Gasteiger partial charge in [0.15, 0.2) is 9.84 Å². The minimum absolute atomic E-state index is 0.00238. The number of hydrogen-bond donors (Lipinski definition) is 0. The largest absolute Gasteiger partial charge is 0.497 e.